The Morgan fingerprint density at radius 2 is 2.00 bits per heavy atom. The minimum absolute atomic E-state index is 0.0989. The van der Waals surface area contributed by atoms with Crippen LogP contribution < -0.4 is 5.32 Å². The van der Waals surface area contributed by atoms with Crippen LogP contribution >= 0.6 is 22.9 Å². The first-order chi connectivity index (χ1) is 12.8. The third-order valence-corrected chi connectivity index (χ3v) is 7.19. The van der Waals surface area contributed by atoms with E-state index in [-0.39, 0.29) is 23.1 Å². The average Bonchev–Trinajstić information content (AvgIpc) is 3.11. The van der Waals surface area contributed by atoms with E-state index in [4.69, 9.17) is 11.6 Å². The number of piperidine rings is 1. The molecule has 7 nitrogen and oxygen atoms in total. The van der Waals surface area contributed by atoms with Crippen molar-refractivity contribution in [3.63, 3.8) is 0 Å². The number of amides is 1. The van der Waals surface area contributed by atoms with Crippen LogP contribution in [-0.2, 0) is 14.8 Å². The lowest BCUT2D eigenvalue weighted by Gasteiger charge is -2.31. The van der Waals surface area contributed by atoms with Crippen molar-refractivity contribution in [2.45, 2.75) is 24.7 Å². The van der Waals surface area contributed by atoms with Crippen molar-refractivity contribution >= 4 is 49.8 Å². The standard InChI is InChI=1S/C17H18ClN3O4S2/c1-11(22)15-10-26-17(19-15)20-16(23)12-3-2-8-21(9-12)27(24,25)14-6-4-13(18)5-7-14/h4-7,10,12H,2-3,8-9H2,1H3,(H,19,20,23). The van der Waals surface area contributed by atoms with Crippen molar-refractivity contribution in [1.29, 1.82) is 0 Å². The van der Waals surface area contributed by atoms with Gasteiger partial charge in [-0.1, -0.05) is 11.6 Å². The maximum Gasteiger partial charge on any atom is 0.243 e. The Kier molecular flexibility index (Phi) is 5.95. The Labute approximate surface area is 166 Å². The lowest BCUT2D eigenvalue weighted by atomic mass is 9.99. The second-order valence-corrected chi connectivity index (χ2v) is 9.47. The van der Waals surface area contributed by atoms with Crippen molar-refractivity contribution in [3.8, 4) is 0 Å². The number of carbonyl (C=O) groups excluding carboxylic acids is 2. The van der Waals surface area contributed by atoms with E-state index in [0.29, 0.717) is 35.2 Å². The zero-order valence-corrected chi connectivity index (χ0v) is 16.9. The summed E-state index contributed by atoms with van der Waals surface area (Å²) in [6.45, 7) is 1.86. The molecule has 0 spiro atoms. The first-order valence-electron chi connectivity index (χ1n) is 8.30. The van der Waals surface area contributed by atoms with E-state index in [9.17, 15) is 18.0 Å². The second kappa shape index (κ2) is 8.05. The molecule has 0 bridgehead atoms. The number of hydrogen-bond acceptors (Lipinski definition) is 6. The fourth-order valence-corrected chi connectivity index (χ4v) is 5.23. The van der Waals surface area contributed by atoms with Crippen LogP contribution in [0.3, 0.4) is 0 Å². The van der Waals surface area contributed by atoms with Crippen LogP contribution in [0.1, 0.15) is 30.3 Å². The lowest BCUT2D eigenvalue weighted by Crippen LogP contribution is -2.43. The molecule has 2 aromatic rings. The summed E-state index contributed by atoms with van der Waals surface area (Å²) in [4.78, 5) is 28.0. The minimum atomic E-state index is -3.69. The Bertz CT molecular complexity index is 957. The number of hydrogen-bond donors (Lipinski definition) is 1. The number of nitrogens with one attached hydrogen (secondary N) is 1. The molecule has 0 saturated carbocycles. The molecule has 1 aromatic heterocycles. The SMILES string of the molecule is CC(=O)c1csc(NC(=O)C2CCCN(S(=O)(=O)c3ccc(Cl)cc3)C2)n1. The third kappa shape index (κ3) is 4.55. The zero-order chi connectivity index (χ0) is 19.6. The molecule has 1 aromatic carbocycles. The molecule has 1 amide bonds. The van der Waals surface area contributed by atoms with Crippen LogP contribution in [0.15, 0.2) is 34.5 Å². The highest BCUT2D eigenvalue weighted by atomic mass is 35.5. The number of benzene rings is 1. The first kappa shape index (κ1) is 19.9. The van der Waals surface area contributed by atoms with Crippen LogP contribution in [0, 0.1) is 5.92 Å². The van der Waals surface area contributed by atoms with Gasteiger partial charge in [0.1, 0.15) is 5.69 Å². The highest BCUT2D eigenvalue weighted by Crippen LogP contribution is 2.26. The maximum atomic E-state index is 12.8. The van der Waals surface area contributed by atoms with E-state index >= 15 is 0 Å². The normalized spacial score (nSPS) is 18.2. The van der Waals surface area contributed by atoms with Crippen LogP contribution in [0.2, 0.25) is 5.02 Å². The molecule has 1 aliphatic heterocycles. The number of halogens is 1. The molecule has 0 radical (unpaired) electrons. The van der Waals surface area contributed by atoms with Gasteiger partial charge < -0.3 is 5.32 Å². The monoisotopic (exact) mass is 427 g/mol. The highest BCUT2D eigenvalue weighted by Gasteiger charge is 2.33. The van der Waals surface area contributed by atoms with Gasteiger partial charge in [-0.2, -0.15) is 4.31 Å². The number of rotatable bonds is 5. The fraction of sp³-hybridized carbons (Fsp3) is 0.353. The highest BCUT2D eigenvalue weighted by molar-refractivity contribution is 7.89. The quantitative estimate of drug-likeness (QED) is 0.740. The van der Waals surface area contributed by atoms with Gasteiger partial charge in [-0.3, -0.25) is 9.59 Å². The number of carbonyl (C=O) groups is 2. The van der Waals surface area contributed by atoms with Crippen molar-refractivity contribution in [2.24, 2.45) is 5.92 Å². The molecule has 1 fully saturated rings. The number of thiazole rings is 1. The molecular weight excluding hydrogens is 410 g/mol. The molecule has 2 heterocycles. The molecule has 1 atom stereocenters. The predicted molar refractivity (Wildman–Crippen MR) is 104 cm³/mol. The van der Waals surface area contributed by atoms with E-state index in [2.05, 4.69) is 10.3 Å². The summed E-state index contributed by atoms with van der Waals surface area (Å²) >= 11 is 6.99. The summed E-state index contributed by atoms with van der Waals surface area (Å²) in [6.07, 6.45) is 1.17. The van der Waals surface area contributed by atoms with Gasteiger partial charge in [-0.05, 0) is 37.1 Å². The van der Waals surface area contributed by atoms with E-state index < -0.39 is 15.9 Å². The number of Topliss-reactive ketones (excluding diaryl/α,β-unsaturated/α-hetero) is 1. The van der Waals surface area contributed by atoms with Crippen LogP contribution in [-0.4, -0.2) is 42.5 Å². The van der Waals surface area contributed by atoms with Gasteiger partial charge in [0.05, 0.1) is 10.8 Å². The fourth-order valence-electron chi connectivity index (χ4n) is 2.83. The third-order valence-electron chi connectivity index (χ3n) is 4.30. The number of nitrogens with zero attached hydrogens (tertiary/aromatic N) is 2. The summed E-state index contributed by atoms with van der Waals surface area (Å²) < 4.78 is 26.9. The molecule has 3 rings (SSSR count). The van der Waals surface area contributed by atoms with E-state index in [1.54, 1.807) is 5.38 Å². The maximum absolute atomic E-state index is 12.8. The van der Waals surface area contributed by atoms with Crippen molar-refractivity contribution in [2.75, 3.05) is 18.4 Å². The predicted octanol–water partition coefficient (Wildman–Crippen LogP) is 3.04. The average molecular weight is 428 g/mol. The lowest BCUT2D eigenvalue weighted by molar-refractivity contribution is -0.120. The Balaban J connectivity index is 1.70. The molecule has 1 N–H and O–H groups in total. The number of ketones is 1. The van der Waals surface area contributed by atoms with Gasteiger partial charge in [-0.25, -0.2) is 13.4 Å². The van der Waals surface area contributed by atoms with Crippen LogP contribution in [0.4, 0.5) is 5.13 Å². The van der Waals surface area contributed by atoms with E-state index in [0.717, 1.165) is 0 Å². The summed E-state index contributed by atoms with van der Waals surface area (Å²) in [6, 6.07) is 5.97. The Morgan fingerprint density at radius 3 is 2.63 bits per heavy atom. The van der Waals surface area contributed by atoms with Crippen molar-refractivity contribution in [3.05, 3.63) is 40.4 Å². The zero-order valence-electron chi connectivity index (χ0n) is 14.5. The molecule has 0 aliphatic carbocycles. The first-order valence-corrected chi connectivity index (χ1v) is 11.0. The van der Waals surface area contributed by atoms with Gasteiger partial charge in [0, 0.05) is 30.4 Å². The molecule has 27 heavy (non-hydrogen) atoms. The van der Waals surface area contributed by atoms with Gasteiger partial charge >= 0.3 is 0 Å². The van der Waals surface area contributed by atoms with Gasteiger partial charge in [0.2, 0.25) is 15.9 Å². The molecule has 144 valence electrons. The second-order valence-electron chi connectivity index (χ2n) is 6.24. The number of aromatic nitrogens is 1. The van der Waals surface area contributed by atoms with Crippen LogP contribution in [0.25, 0.3) is 0 Å². The van der Waals surface area contributed by atoms with Gasteiger partial charge in [-0.15, -0.1) is 11.3 Å². The molecular formula is C17H18ClN3O4S2. The number of sulfonamides is 1. The topological polar surface area (TPSA) is 96.4 Å². The van der Waals surface area contributed by atoms with Gasteiger partial charge in [0.25, 0.3) is 0 Å². The largest absolute Gasteiger partial charge is 0.302 e. The Hall–Kier alpha value is -1.81. The molecule has 1 unspecified atom stereocenters. The summed E-state index contributed by atoms with van der Waals surface area (Å²) in [5.74, 6) is -0.953. The molecule has 1 saturated heterocycles. The Morgan fingerprint density at radius 1 is 1.30 bits per heavy atom. The minimum Gasteiger partial charge on any atom is -0.302 e. The summed E-state index contributed by atoms with van der Waals surface area (Å²) in [7, 11) is -3.69. The van der Waals surface area contributed by atoms with Crippen LogP contribution in [0.5, 0.6) is 0 Å². The number of anilines is 1. The summed E-state index contributed by atoms with van der Waals surface area (Å²) in [5, 5.41) is 5.06. The van der Waals surface area contributed by atoms with E-state index in [1.165, 1.54) is 46.8 Å². The van der Waals surface area contributed by atoms with Gasteiger partial charge in [0.15, 0.2) is 10.9 Å². The van der Waals surface area contributed by atoms with Crippen molar-refractivity contribution in [1.82, 2.24) is 9.29 Å². The molecule has 1 aliphatic rings. The van der Waals surface area contributed by atoms with E-state index in [1.807, 2.05) is 0 Å². The summed E-state index contributed by atoms with van der Waals surface area (Å²) in [5.41, 5.74) is 0.297. The molecule has 10 heteroatoms. The smallest absolute Gasteiger partial charge is 0.243 e. The van der Waals surface area contributed by atoms with Crippen molar-refractivity contribution < 1.29 is 18.0 Å².